The van der Waals surface area contributed by atoms with Crippen LogP contribution in [0.2, 0.25) is 0 Å². The minimum Gasteiger partial charge on any atom is -0.273 e. The third-order valence-electron chi connectivity index (χ3n) is 4.99. The second kappa shape index (κ2) is 9.01. The number of aryl methyl sites for hydroxylation is 2. The lowest BCUT2D eigenvalue weighted by Gasteiger charge is -2.20. The van der Waals surface area contributed by atoms with E-state index in [1.165, 1.54) is 41.5 Å². The smallest absolute Gasteiger partial charge is 0.248 e. The fourth-order valence-electron chi connectivity index (χ4n) is 3.27. The zero-order chi connectivity index (χ0) is 19.4. The van der Waals surface area contributed by atoms with Crippen molar-refractivity contribution in [2.45, 2.75) is 70.2 Å². The SMILES string of the molecule is CCC(=O)NNC(=O)CSc1nc(C2CCCCC2)nc2sc(C)c(C)c12. The number of fused-ring (bicyclic) bond motifs is 1. The van der Waals surface area contributed by atoms with E-state index in [2.05, 4.69) is 24.7 Å². The maximum atomic E-state index is 12.1. The molecular weight excluding hydrogens is 380 g/mol. The minimum absolute atomic E-state index is 0.203. The Balaban J connectivity index is 1.81. The summed E-state index contributed by atoms with van der Waals surface area (Å²) in [7, 11) is 0. The van der Waals surface area contributed by atoms with Gasteiger partial charge in [-0.05, 0) is 32.3 Å². The van der Waals surface area contributed by atoms with Gasteiger partial charge in [0.25, 0.3) is 0 Å². The number of carbonyl (C=O) groups is 2. The van der Waals surface area contributed by atoms with E-state index in [4.69, 9.17) is 9.97 Å². The van der Waals surface area contributed by atoms with Gasteiger partial charge in [-0.1, -0.05) is 37.9 Å². The molecule has 1 saturated carbocycles. The van der Waals surface area contributed by atoms with Crippen LogP contribution in [0.15, 0.2) is 5.03 Å². The van der Waals surface area contributed by atoms with Crippen molar-refractivity contribution in [3.05, 3.63) is 16.3 Å². The molecule has 2 aromatic rings. The average Bonchev–Trinajstić information content (AvgIpc) is 2.98. The summed E-state index contributed by atoms with van der Waals surface area (Å²) < 4.78 is 0. The van der Waals surface area contributed by atoms with E-state index in [1.807, 2.05) is 0 Å². The molecule has 2 amide bonds. The quantitative estimate of drug-likeness (QED) is 0.445. The maximum absolute atomic E-state index is 12.1. The van der Waals surface area contributed by atoms with Crippen LogP contribution in [0.4, 0.5) is 0 Å². The van der Waals surface area contributed by atoms with E-state index >= 15 is 0 Å². The zero-order valence-electron chi connectivity index (χ0n) is 16.1. The molecule has 2 aromatic heterocycles. The second-order valence-corrected chi connectivity index (χ2v) is 9.09. The molecule has 2 heterocycles. The summed E-state index contributed by atoms with van der Waals surface area (Å²) >= 11 is 3.12. The van der Waals surface area contributed by atoms with E-state index in [0.717, 1.165) is 33.9 Å². The Morgan fingerprint density at radius 2 is 1.81 bits per heavy atom. The number of aromatic nitrogens is 2. The van der Waals surface area contributed by atoms with Crippen molar-refractivity contribution in [3.63, 3.8) is 0 Å². The fourth-order valence-corrected chi connectivity index (χ4v) is 5.27. The summed E-state index contributed by atoms with van der Waals surface area (Å²) in [5, 5.41) is 1.94. The topological polar surface area (TPSA) is 84.0 Å². The maximum Gasteiger partial charge on any atom is 0.248 e. The van der Waals surface area contributed by atoms with Crippen LogP contribution in [0.3, 0.4) is 0 Å². The van der Waals surface area contributed by atoms with Gasteiger partial charge in [-0.25, -0.2) is 9.97 Å². The molecule has 1 aliphatic carbocycles. The van der Waals surface area contributed by atoms with E-state index in [-0.39, 0.29) is 17.6 Å². The van der Waals surface area contributed by atoms with Crippen LogP contribution < -0.4 is 10.9 Å². The molecule has 0 radical (unpaired) electrons. The molecule has 0 saturated heterocycles. The number of amides is 2. The van der Waals surface area contributed by atoms with Crippen molar-refractivity contribution < 1.29 is 9.59 Å². The van der Waals surface area contributed by atoms with Gasteiger partial charge >= 0.3 is 0 Å². The highest BCUT2D eigenvalue weighted by atomic mass is 32.2. The van der Waals surface area contributed by atoms with Crippen molar-refractivity contribution >= 4 is 45.1 Å². The Morgan fingerprint density at radius 3 is 2.52 bits per heavy atom. The fraction of sp³-hybridized carbons (Fsp3) is 0.579. The van der Waals surface area contributed by atoms with Gasteiger partial charge in [0.05, 0.1) is 5.75 Å². The number of nitrogens with zero attached hydrogens (tertiary/aromatic N) is 2. The Bertz CT molecular complexity index is 844. The Kier molecular flexibility index (Phi) is 6.70. The van der Waals surface area contributed by atoms with Crippen molar-refractivity contribution in [1.29, 1.82) is 0 Å². The molecule has 27 heavy (non-hydrogen) atoms. The van der Waals surface area contributed by atoms with Gasteiger partial charge in [0.1, 0.15) is 15.7 Å². The second-order valence-electron chi connectivity index (χ2n) is 6.92. The summed E-state index contributed by atoms with van der Waals surface area (Å²) in [5.41, 5.74) is 6.04. The molecule has 3 rings (SSSR count). The minimum atomic E-state index is -0.239. The molecule has 1 fully saturated rings. The van der Waals surface area contributed by atoms with Crippen LogP contribution in [0.5, 0.6) is 0 Å². The number of hydrogen-bond donors (Lipinski definition) is 2. The number of thiophene rings is 1. The number of rotatable bonds is 5. The Morgan fingerprint density at radius 1 is 1.11 bits per heavy atom. The standard InChI is InChI=1S/C19H26N4O2S2/c1-4-14(24)22-23-15(25)10-26-18-16-11(2)12(3)27-19(16)21-17(20-18)13-8-6-5-7-9-13/h13H,4-10H2,1-3H3,(H,22,24)(H,23,25). The van der Waals surface area contributed by atoms with Gasteiger partial charge < -0.3 is 0 Å². The number of carbonyl (C=O) groups excluding carboxylic acids is 2. The van der Waals surface area contributed by atoms with Crippen molar-refractivity contribution in [2.24, 2.45) is 0 Å². The molecule has 1 aliphatic rings. The van der Waals surface area contributed by atoms with E-state index in [0.29, 0.717) is 12.3 Å². The lowest BCUT2D eigenvalue weighted by molar-refractivity contribution is -0.127. The van der Waals surface area contributed by atoms with Gasteiger partial charge in [-0.3, -0.25) is 20.4 Å². The monoisotopic (exact) mass is 406 g/mol. The molecular formula is C19H26N4O2S2. The highest BCUT2D eigenvalue weighted by molar-refractivity contribution is 8.00. The zero-order valence-corrected chi connectivity index (χ0v) is 17.7. The summed E-state index contributed by atoms with van der Waals surface area (Å²) in [4.78, 5) is 35.3. The molecule has 0 bridgehead atoms. The molecule has 6 nitrogen and oxygen atoms in total. The first-order valence-corrected chi connectivity index (χ1v) is 11.3. The summed E-state index contributed by atoms with van der Waals surface area (Å²) in [5.74, 6) is 1.10. The summed E-state index contributed by atoms with van der Waals surface area (Å²) in [6, 6.07) is 0. The normalized spacial score (nSPS) is 15.1. The Labute approximate surface area is 167 Å². The van der Waals surface area contributed by atoms with Gasteiger partial charge in [0.2, 0.25) is 11.8 Å². The van der Waals surface area contributed by atoms with Crippen LogP contribution in [0.1, 0.15) is 67.6 Å². The van der Waals surface area contributed by atoms with Gasteiger partial charge in [0, 0.05) is 22.6 Å². The van der Waals surface area contributed by atoms with Crippen molar-refractivity contribution in [1.82, 2.24) is 20.8 Å². The van der Waals surface area contributed by atoms with Crippen LogP contribution in [0, 0.1) is 13.8 Å². The van der Waals surface area contributed by atoms with Crippen LogP contribution in [0.25, 0.3) is 10.2 Å². The first-order valence-electron chi connectivity index (χ1n) is 9.47. The highest BCUT2D eigenvalue weighted by Crippen LogP contribution is 2.38. The number of thioether (sulfide) groups is 1. The number of hydrogen-bond acceptors (Lipinski definition) is 6. The number of nitrogens with one attached hydrogen (secondary N) is 2. The molecule has 0 aromatic carbocycles. The number of hydrazine groups is 1. The molecule has 0 spiro atoms. The lowest BCUT2D eigenvalue weighted by atomic mass is 9.89. The third-order valence-corrected chi connectivity index (χ3v) is 7.06. The highest BCUT2D eigenvalue weighted by Gasteiger charge is 2.22. The summed E-state index contributed by atoms with van der Waals surface area (Å²) in [6.07, 6.45) is 6.37. The van der Waals surface area contributed by atoms with E-state index in [9.17, 15) is 9.59 Å². The van der Waals surface area contributed by atoms with Crippen LogP contribution in [-0.2, 0) is 9.59 Å². The van der Waals surface area contributed by atoms with Gasteiger partial charge in [-0.2, -0.15) is 0 Å². The lowest BCUT2D eigenvalue weighted by Crippen LogP contribution is -2.42. The predicted octanol–water partition coefficient (Wildman–Crippen LogP) is 4.01. The summed E-state index contributed by atoms with van der Waals surface area (Å²) in [6.45, 7) is 5.93. The van der Waals surface area contributed by atoms with Gasteiger partial charge in [-0.15, -0.1) is 11.3 Å². The van der Waals surface area contributed by atoms with Crippen LogP contribution in [-0.4, -0.2) is 27.5 Å². The molecule has 2 N–H and O–H groups in total. The first kappa shape index (κ1) is 20.1. The molecule has 0 unspecified atom stereocenters. The average molecular weight is 407 g/mol. The van der Waals surface area contributed by atoms with Gasteiger partial charge in [0.15, 0.2) is 0 Å². The van der Waals surface area contributed by atoms with Crippen molar-refractivity contribution in [3.8, 4) is 0 Å². The van der Waals surface area contributed by atoms with E-state index < -0.39 is 0 Å². The molecule has 0 atom stereocenters. The van der Waals surface area contributed by atoms with E-state index in [1.54, 1.807) is 18.3 Å². The first-order chi connectivity index (χ1) is 13.0. The molecule has 146 valence electrons. The molecule has 0 aliphatic heterocycles. The largest absolute Gasteiger partial charge is 0.273 e. The molecule has 8 heteroatoms. The third kappa shape index (κ3) is 4.79. The van der Waals surface area contributed by atoms with Crippen molar-refractivity contribution in [2.75, 3.05) is 5.75 Å². The Hall–Kier alpha value is -1.67. The van der Waals surface area contributed by atoms with Crippen LogP contribution >= 0.6 is 23.1 Å². The predicted molar refractivity (Wildman–Crippen MR) is 110 cm³/mol.